The lowest BCUT2D eigenvalue weighted by Crippen LogP contribution is -1.89. The van der Waals surface area contributed by atoms with Crippen molar-refractivity contribution in [1.29, 1.82) is 0 Å². The van der Waals surface area contributed by atoms with Gasteiger partial charge in [0.15, 0.2) is 0 Å². The zero-order valence-electron chi connectivity index (χ0n) is 12.8. The lowest BCUT2D eigenvalue weighted by atomic mass is 9.89. The molecule has 0 N–H and O–H groups in total. The number of hydrogen-bond acceptors (Lipinski definition) is 0. The fraction of sp³-hybridized carbons (Fsp3) is 0.0435. The molecule has 0 aromatic heterocycles. The minimum absolute atomic E-state index is 1.00. The second-order valence-corrected chi connectivity index (χ2v) is 6.16. The monoisotopic (exact) mass is 292 g/mol. The third-order valence-electron chi connectivity index (χ3n) is 4.80. The van der Waals surface area contributed by atoms with Crippen LogP contribution in [0.4, 0.5) is 0 Å². The summed E-state index contributed by atoms with van der Waals surface area (Å²) in [7, 11) is 0. The Kier molecular flexibility index (Phi) is 2.65. The van der Waals surface area contributed by atoms with Crippen molar-refractivity contribution in [3.8, 4) is 0 Å². The summed E-state index contributed by atoms with van der Waals surface area (Å²) in [5.74, 6) is 0. The van der Waals surface area contributed by atoms with E-state index in [9.17, 15) is 0 Å². The fourth-order valence-electron chi connectivity index (χ4n) is 3.76. The summed E-state index contributed by atoms with van der Waals surface area (Å²) in [5.41, 5.74) is 2.61. The molecule has 0 heteroatoms. The Labute approximate surface area is 135 Å². The highest BCUT2D eigenvalue weighted by molar-refractivity contribution is 6.25. The van der Waals surface area contributed by atoms with E-state index >= 15 is 0 Å². The lowest BCUT2D eigenvalue weighted by molar-refractivity contribution is 1.41. The van der Waals surface area contributed by atoms with Gasteiger partial charge in [-0.1, -0.05) is 78.9 Å². The average molecular weight is 292 g/mol. The van der Waals surface area contributed by atoms with Crippen LogP contribution < -0.4 is 0 Å². The van der Waals surface area contributed by atoms with E-state index in [0.29, 0.717) is 0 Å². The van der Waals surface area contributed by atoms with E-state index in [1.165, 1.54) is 43.5 Å². The summed E-state index contributed by atoms with van der Waals surface area (Å²) in [6.07, 6.45) is 12.1. The van der Waals surface area contributed by atoms with Crippen LogP contribution in [-0.2, 0) is 0 Å². The second kappa shape index (κ2) is 4.82. The molecule has 0 spiro atoms. The Morgan fingerprint density at radius 3 is 2.39 bits per heavy atom. The molecule has 0 saturated carbocycles. The van der Waals surface area contributed by atoms with Gasteiger partial charge in [-0.3, -0.25) is 0 Å². The van der Waals surface area contributed by atoms with Crippen LogP contribution in [0.5, 0.6) is 0 Å². The summed E-state index contributed by atoms with van der Waals surface area (Å²) in [6.45, 7) is 0. The number of hydrogen-bond donors (Lipinski definition) is 0. The molecular weight excluding hydrogens is 276 g/mol. The highest BCUT2D eigenvalue weighted by Gasteiger charge is 2.12. The van der Waals surface area contributed by atoms with Gasteiger partial charge >= 0.3 is 0 Å². The fourth-order valence-corrected chi connectivity index (χ4v) is 3.76. The molecule has 0 unspecified atom stereocenters. The Bertz CT molecular complexity index is 1120. The normalized spacial score (nSPS) is 14.7. The van der Waals surface area contributed by atoms with Gasteiger partial charge < -0.3 is 0 Å². The van der Waals surface area contributed by atoms with Gasteiger partial charge in [0.25, 0.3) is 0 Å². The Hall–Kier alpha value is -2.86. The molecule has 5 rings (SSSR count). The molecule has 0 aliphatic heterocycles. The van der Waals surface area contributed by atoms with Gasteiger partial charge in [-0.25, -0.2) is 0 Å². The first-order valence-electron chi connectivity index (χ1n) is 8.12. The topological polar surface area (TPSA) is 0 Å². The van der Waals surface area contributed by atoms with E-state index < -0.39 is 0 Å². The van der Waals surface area contributed by atoms with Gasteiger partial charge in [0.05, 0.1) is 0 Å². The molecule has 1 aliphatic rings. The third-order valence-corrected chi connectivity index (χ3v) is 4.80. The quantitative estimate of drug-likeness (QED) is 0.352. The first-order chi connectivity index (χ1) is 11.4. The molecule has 0 fully saturated rings. The summed E-state index contributed by atoms with van der Waals surface area (Å²) in [5, 5.41) is 8.09. The highest BCUT2D eigenvalue weighted by atomic mass is 14.2. The first kappa shape index (κ1) is 12.7. The molecular formula is C23H16. The maximum absolute atomic E-state index is 2.35. The van der Waals surface area contributed by atoms with Crippen molar-refractivity contribution >= 4 is 37.9 Å². The van der Waals surface area contributed by atoms with Crippen LogP contribution in [0.1, 0.15) is 12.0 Å². The van der Waals surface area contributed by atoms with Crippen LogP contribution >= 0.6 is 0 Å². The first-order valence-corrected chi connectivity index (χ1v) is 8.12. The third kappa shape index (κ3) is 1.85. The molecule has 4 aromatic carbocycles. The maximum Gasteiger partial charge on any atom is -0.00206 e. The minimum Gasteiger partial charge on any atom is -0.0807 e. The molecule has 1 aliphatic carbocycles. The van der Waals surface area contributed by atoms with Crippen molar-refractivity contribution < 1.29 is 0 Å². The number of benzene rings is 4. The Balaban J connectivity index is 2.00. The van der Waals surface area contributed by atoms with Crippen LogP contribution in [0.2, 0.25) is 0 Å². The van der Waals surface area contributed by atoms with Crippen LogP contribution in [0.15, 0.2) is 85.0 Å². The van der Waals surface area contributed by atoms with Crippen molar-refractivity contribution in [2.45, 2.75) is 6.42 Å². The number of rotatable bonds is 1. The van der Waals surface area contributed by atoms with Crippen molar-refractivity contribution in [3.63, 3.8) is 0 Å². The predicted molar refractivity (Wildman–Crippen MR) is 101 cm³/mol. The minimum atomic E-state index is 1.00. The van der Waals surface area contributed by atoms with E-state index in [1.54, 1.807) is 0 Å². The van der Waals surface area contributed by atoms with Gasteiger partial charge in [0.1, 0.15) is 0 Å². The molecule has 23 heavy (non-hydrogen) atoms. The SMILES string of the molecule is C1=CCC=CC(c2cc3cccc4ccc5cccc2c5c43)=C1. The van der Waals surface area contributed by atoms with Crippen molar-refractivity contribution in [1.82, 2.24) is 0 Å². The smallest absolute Gasteiger partial charge is 0.00206 e. The van der Waals surface area contributed by atoms with Crippen molar-refractivity contribution in [2.75, 3.05) is 0 Å². The zero-order chi connectivity index (χ0) is 15.2. The van der Waals surface area contributed by atoms with Gasteiger partial charge in [0.2, 0.25) is 0 Å². The molecule has 0 amide bonds. The van der Waals surface area contributed by atoms with Gasteiger partial charge in [-0.2, -0.15) is 0 Å². The average Bonchev–Trinajstić information content (AvgIpc) is 2.89. The van der Waals surface area contributed by atoms with Gasteiger partial charge in [-0.15, -0.1) is 0 Å². The standard InChI is InChI=1S/C23H16/c1-2-4-8-16(7-3-1)21-15-19-11-5-9-17-13-14-18-10-6-12-20(21)23(18)22(17)19/h1,3-15H,2H2. The summed E-state index contributed by atoms with van der Waals surface area (Å²) in [6, 6.07) is 20.1. The molecule has 0 atom stereocenters. The largest absolute Gasteiger partial charge is 0.0807 e. The predicted octanol–water partition coefficient (Wildman–Crippen LogP) is 6.48. The molecule has 0 heterocycles. The molecule has 0 radical (unpaired) electrons. The Morgan fingerprint density at radius 2 is 1.48 bits per heavy atom. The molecule has 4 aromatic rings. The van der Waals surface area contributed by atoms with Gasteiger partial charge in [-0.05, 0) is 55.9 Å². The van der Waals surface area contributed by atoms with E-state index in [-0.39, 0.29) is 0 Å². The maximum atomic E-state index is 2.35. The number of allylic oxidation sites excluding steroid dienone is 6. The molecule has 0 saturated heterocycles. The van der Waals surface area contributed by atoms with Gasteiger partial charge in [0, 0.05) is 0 Å². The molecule has 0 bridgehead atoms. The van der Waals surface area contributed by atoms with E-state index in [1.807, 2.05) is 0 Å². The highest BCUT2D eigenvalue weighted by Crippen LogP contribution is 2.38. The lowest BCUT2D eigenvalue weighted by Gasteiger charge is -2.15. The van der Waals surface area contributed by atoms with E-state index in [4.69, 9.17) is 0 Å². The van der Waals surface area contributed by atoms with Crippen LogP contribution in [0.25, 0.3) is 37.9 Å². The zero-order valence-corrected chi connectivity index (χ0v) is 12.8. The van der Waals surface area contributed by atoms with Crippen LogP contribution in [0.3, 0.4) is 0 Å². The van der Waals surface area contributed by atoms with Crippen LogP contribution in [-0.4, -0.2) is 0 Å². The second-order valence-electron chi connectivity index (χ2n) is 6.16. The summed E-state index contributed by atoms with van der Waals surface area (Å²) < 4.78 is 0. The van der Waals surface area contributed by atoms with Crippen molar-refractivity contribution in [3.05, 3.63) is 90.5 Å². The van der Waals surface area contributed by atoms with E-state index in [0.717, 1.165) is 6.42 Å². The van der Waals surface area contributed by atoms with E-state index in [2.05, 4.69) is 85.0 Å². The molecule has 0 nitrogen and oxygen atoms in total. The summed E-state index contributed by atoms with van der Waals surface area (Å²) in [4.78, 5) is 0. The van der Waals surface area contributed by atoms with Crippen LogP contribution in [0, 0.1) is 0 Å². The Morgan fingerprint density at radius 1 is 0.696 bits per heavy atom. The molecule has 108 valence electrons. The van der Waals surface area contributed by atoms with Crippen molar-refractivity contribution in [2.24, 2.45) is 0 Å². The summed E-state index contributed by atoms with van der Waals surface area (Å²) >= 11 is 0.